The van der Waals surface area contributed by atoms with E-state index >= 15 is 0 Å². The fraction of sp³-hybridized carbons (Fsp3) is 0.588. The van der Waals surface area contributed by atoms with Crippen molar-refractivity contribution in [3.8, 4) is 0 Å². The second-order valence-corrected chi connectivity index (χ2v) is 6.79. The van der Waals surface area contributed by atoms with Crippen molar-refractivity contribution in [3.63, 3.8) is 0 Å². The van der Waals surface area contributed by atoms with E-state index in [4.69, 9.17) is 5.73 Å². The predicted molar refractivity (Wildman–Crippen MR) is 78.3 cm³/mol. The summed E-state index contributed by atoms with van der Waals surface area (Å²) in [5, 5.41) is 2.92. The summed E-state index contributed by atoms with van der Waals surface area (Å²) in [4.78, 5) is 12.0. The first-order chi connectivity index (χ1) is 9.72. The molecule has 1 aromatic carbocycles. The minimum absolute atomic E-state index is 0.0632. The molecule has 1 aliphatic heterocycles. The second kappa shape index (κ2) is 4.59. The summed E-state index contributed by atoms with van der Waals surface area (Å²) in [6, 6.07) is 6.40. The lowest BCUT2D eigenvalue weighted by Crippen LogP contribution is -2.32. The maximum atomic E-state index is 12.0. The van der Waals surface area contributed by atoms with Gasteiger partial charge in [0.15, 0.2) is 0 Å². The molecule has 2 bridgehead atoms. The van der Waals surface area contributed by atoms with Gasteiger partial charge < -0.3 is 11.1 Å². The molecule has 1 aromatic rings. The molecule has 2 aliphatic carbocycles. The summed E-state index contributed by atoms with van der Waals surface area (Å²) in [5.41, 5.74) is 9.69. The molecule has 2 fully saturated rings. The van der Waals surface area contributed by atoms with E-state index < -0.39 is 0 Å². The molecule has 0 radical (unpaired) electrons. The van der Waals surface area contributed by atoms with Crippen LogP contribution in [0.4, 0.5) is 0 Å². The van der Waals surface area contributed by atoms with Gasteiger partial charge in [0.1, 0.15) is 0 Å². The summed E-state index contributed by atoms with van der Waals surface area (Å²) in [5.74, 6) is 2.42. The molecule has 106 valence electrons. The molecule has 3 N–H and O–H groups in total. The van der Waals surface area contributed by atoms with Gasteiger partial charge in [-0.05, 0) is 60.6 Å². The van der Waals surface area contributed by atoms with Gasteiger partial charge in [0.25, 0.3) is 5.91 Å². The molecule has 2 saturated carbocycles. The normalized spacial score (nSPS) is 32.9. The summed E-state index contributed by atoms with van der Waals surface area (Å²) in [7, 11) is 0. The standard InChI is InChI=1S/C17H22N2O/c18-16(14-8-10-1-2-12(14)7-10)13-4-3-11-5-6-19-17(20)15(11)9-13/h3-4,9-10,12,14,16H,1-2,5-8,18H2,(H,19,20). The highest BCUT2D eigenvalue weighted by Gasteiger charge is 2.42. The van der Waals surface area contributed by atoms with Crippen LogP contribution in [0.5, 0.6) is 0 Å². The number of hydrogen-bond donors (Lipinski definition) is 2. The van der Waals surface area contributed by atoms with Crippen LogP contribution in [0, 0.1) is 17.8 Å². The zero-order chi connectivity index (χ0) is 13.7. The fourth-order valence-corrected chi connectivity index (χ4v) is 4.62. The Kier molecular flexibility index (Phi) is 2.84. The average Bonchev–Trinajstić information content (AvgIpc) is 3.09. The van der Waals surface area contributed by atoms with Gasteiger partial charge in [0, 0.05) is 18.2 Å². The first kappa shape index (κ1) is 12.4. The Morgan fingerprint density at radius 2 is 2.15 bits per heavy atom. The van der Waals surface area contributed by atoms with Gasteiger partial charge in [-0.2, -0.15) is 0 Å². The number of carbonyl (C=O) groups excluding carboxylic acids is 1. The van der Waals surface area contributed by atoms with Crippen LogP contribution in [0.3, 0.4) is 0 Å². The second-order valence-electron chi connectivity index (χ2n) is 6.79. The zero-order valence-corrected chi connectivity index (χ0v) is 11.8. The first-order valence-electron chi connectivity index (χ1n) is 7.89. The molecule has 1 heterocycles. The monoisotopic (exact) mass is 270 g/mol. The molecule has 0 aromatic heterocycles. The summed E-state index contributed by atoms with van der Waals surface area (Å²) in [6.07, 6.45) is 6.36. The summed E-state index contributed by atoms with van der Waals surface area (Å²) in [6.45, 7) is 0.754. The maximum Gasteiger partial charge on any atom is 0.251 e. The van der Waals surface area contributed by atoms with Gasteiger partial charge in [-0.1, -0.05) is 18.6 Å². The number of nitrogens with two attached hydrogens (primary N) is 1. The Morgan fingerprint density at radius 3 is 2.90 bits per heavy atom. The van der Waals surface area contributed by atoms with Crippen molar-refractivity contribution in [2.75, 3.05) is 6.54 Å². The molecular formula is C17H22N2O. The number of carbonyl (C=O) groups is 1. The highest BCUT2D eigenvalue weighted by atomic mass is 16.1. The van der Waals surface area contributed by atoms with Crippen LogP contribution in [-0.2, 0) is 6.42 Å². The van der Waals surface area contributed by atoms with Gasteiger partial charge >= 0.3 is 0 Å². The van der Waals surface area contributed by atoms with E-state index in [2.05, 4.69) is 17.4 Å². The number of rotatable bonds is 2. The molecule has 4 unspecified atom stereocenters. The quantitative estimate of drug-likeness (QED) is 0.867. The van der Waals surface area contributed by atoms with Crippen LogP contribution < -0.4 is 11.1 Å². The minimum Gasteiger partial charge on any atom is -0.352 e. The van der Waals surface area contributed by atoms with Gasteiger partial charge in [-0.3, -0.25) is 4.79 Å². The van der Waals surface area contributed by atoms with Crippen LogP contribution in [0.15, 0.2) is 18.2 Å². The molecule has 1 amide bonds. The van der Waals surface area contributed by atoms with Crippen LogP contribution >= 0.6 is 0 Å². The molecule has 4 atom stereocenters. The third-order valence-electron chi connectivity index (χ3n) is 5.70. The third-order valence-corrected chi connectivity index (χ3v) is 5.70. The van der Waals surface area contributed by atoms with Gasteiger partial charge in [0.05, 0.1) is 0 Å². The van der Waals surface area contributed by atoms with E-state index in [1.54, 1.807) is 0 Å². The van der Waals surface area contributed by atoms with Gasteiger partial charge in [0.2, 0.25) is 0 Å². The van der Waals surface area contributed by atoms with E-state index in [9.17, 15) is 4.79 Å². The number of amides is 1. The third kappa shape index (κ3) is 1.87. The lowest BCUT2D eigenvalue weighted by Gasteiger charge is -2.29. The number of hydrogen-bond acceptors (Lipinski definition) is 2. The highest BCUT2D eigenvalue weighted by molar-refractivity contribution is 5.96. The van der Waals surface area contributed by atoms with Gasteiger partial charge in [-0.15, -0.1) is 0 Å². The molecule has 0 spiro atoms. The van der Waals surface area contributed by atoms with E-state index in [1.165, 1.54) is 25.7 Å². The number of benzene rings is 1. The molecule has 3 nitrogen and oxygen atoms in total. The van der Waals surface area contributed by atoms with Crippen LogP contribution in [0.1, 0.15) is 53.2 Å². The maximum absolute atomic E-state index is 12.0. The Balaban J connectivity index is 1.62. The van der Waals surface area contributed by atoms with E-state index in [0.29, 0.717) is 5.92 Å². The molecule has 3 aliphatic rings. The molecule has 0 saturated heterocycles. The van der Waals surface area contributed by atoms with E-state index in [0.717, 1.165) is 41.5 Å². The van der Waals surface area contributed by atoms with E-state index in [1.807, 2.05) is 6.07 Å². The summed E-state index contributed by atoms with van der Waals surface area (Å²) < 4.78 is 0. The molecule has 20 heavy (non-hydrogen) atoms. The Morgan fingerprint density at radius 1 is 1.25 bits per heavy atom. The van der Waals surface area contributed by atoms with Crippen molar-refractivity contribution in [2.45, 2.75) is 38.1 Å². The molecule has 3 heteroatoms. The van der Waals surface area contributed by atoms with Crippen LogP contribution in [0.2, 0.25) is 0 Å². The first-order valence-corrected chi connectivity index (χ1v) is 7.89. The summed E-state index contributed by atoms with van der Waals surface area (Å²) >= 11 is 0. The number of fused-ring (bicyclic) bond motifs is 3. The van der Waals surface area contributed by atoms with Crippen molar-refractivity contribution >= 4 is 5.91 Å². The zero-order valence-electron chi connectivity index (χ0n) is 11.8. The Hall–Kier alpha value is -1.35. The Bertz CT molecular complexity index is 554. The minimum atomic E-state index is 0.0632. The highest BCUT2D eigenvalue weighted by Crippen LogP contribution is 2.52. The smallest absolute Gasteiger partial charge is 0.251 e. The van der Waals surface area contributed by atoms with Crippen molar-refractivity contribution in [3.05, 3.63) is 34.9 Å². The predicted octanol–water partition coefficient (Wildman–Crippen LogP) is 2.41. The largest absolute Gasteiger partial charge is 0.352 e. The molecular weight excluding hydrogens is 248 g/mol. The fourth-order valence-electron chi connectivity index (χ4n) is 4.62. The number of nitrogens with one attached hydrogen (secondary N) is 1. The van der Waals surface area contributed by atoms with Crippen molar-refractivity contribution in [1.82, 2.24) is 5.32 Å². The topological polar surface area (TPSA) is 55.1 Å². The van der Waals surface area contributed by atoms with Crippen molar-refractivity contribution in [2.24, 2.45) is 23.5 Å². The Labute approximate surface area is 119 Å². The lowest BCUT2D eigenvalue weighted by atomic mass is 9.80. The van der Waals surface area contributed by atoms with Gasteiger partial charge in [-0.25, -0.2) is 0 Å². The lowest BCUT2D eigenvalue weighted by molar-refractivity contribution is 0.0946. The van der Waals surface area contributed by atoms with E-state index in [-0.39, 0.29) is 11.9 Å². The average molecular weight is 270 g/mol. The van der Waals surface area contributed by atoms with Crippen molar-refractivity contribution < 1.29 is 4.79 Å². The SMILES string of the molecule is NC(c1ccc2c(c1)C(=O)NCC2)C1CC2CCC1C2. The molecule has 4 rings (SSSR count). The van der Waals surface area contributed by atoms with Crippen molar-refractivity contribution in [1.29, 1.82) is 0 Å². The van der Waals surface area contributed by atoms with Crippen LogP contribution in [-0.4, -0.2) is 12.5 Å². The van der Waals surface area contributed by atoms with Crippen LogP contribution in [0.25, 0.3) is 0 Å².